The molecule has 1 N–H and O–H groups in total. The number of piperazine rings is 1. The van der Waals surface area contributed by atoms with Crippen molar-refractivity contribution >= 4 is 44.4 Å². The van der Waals surface area contributed by atoms with Crippen LogP contribution in [0.25, 0.3) is 38.5 Å². The van der Waals surface area contributed by atoms with Crippen LogP contribution in [-0.4, -0.2) is 84.6 Å². The van der Waals surface area contributed by atoms with Gasteiger partial charge in [0.2, 0.25) is 5.43 Å². The summed E-state index contributed by atoms with van der Waals surface area (Å²) in [7, 11) is 4.13. The van der Waals surface area contributed by atoms with Crippen molar-refractivity contribution in [3.63, 3.8) is 0 Å². The number of likely N-dealkylation sites (N-methyl/N-ethyl adjacent to an activating group) is 1. The minimum Gasteiger partial charge on any atom is -0.456 e. The smallest absolute Gasteiger partial charge is 0.259 e. The van der Waals surface area contributed by atoms with E-state index in [0.29, 0.717) is 48.2 Å². The van der Waals surface area contributed by atoms with Crippen LogP contribution in [-0.2, 0) is 0 Å². The molecule has 1 atom stereocenters. The number of furan rings is 1. The van der Waals surface area contributed by atoms with Gasteiger partial charge in [-0.1, -0.05) is 18.2 Å². The lowest BCUT2D eigenvalue weighted by Crippen LogP contribution is -2.48. The lowest BCUT2D eigenvalue weighted by Gasteiger charge is -2.32. The molecule has 1 amide bonds. The highest BCUT2D eigenvalue weighted by Gasteiger charge is 2.31. The first-order valence-corrected chi connectivity index (χ1v) is 15.3. The molecule has 5 aromatic rings. The van der Waals surface area contributed by atoms with Gasteiger partial charge in [-0.3, -0.25) is 9.59 Å². The summed E-state index contributed by atoms with van der Waals surface area (Å²) in [6.45, 7) is 4.10. The zero-order chi connectivity index (χ0) is 30.1. The van der Waals surface area contributed by atoms with Crippen LogP contribution in [0.1, 0.15) is 29.6 Å². The summed E-state index contributed by atoms with van der Waals surface area (Å²) in [6.07, 6.45) is 4.74. The van der Waals surface area contributed by atoms with Crippen molar-refractivity contribution in [1.82, 2.24) is 19.3 Å². The number of anilines is 1. The van der Waals surface area contributed by atoms with Crippen molar-refractivity contribution in [3.8, 4) is 17.2 Å². The molecule has 3 aliphatic heterocycles. The molecular weight excluding hydrogens is 561 g/mol. The fourth-order valence-corrected chi connectivity index (χ4v) is 7.04. The van der Waals surface area contributed by atoms with Crippen LogP contribution in [0.4, 0.5) is 10.1 Å². The van der Waals surface area contributed by atoms with Crippen LogP contribution in [0.2, 0.25) is 0 Å². The first-order chi connectivity index (χ1) is 21.4. The van der Waals surface area contributed by atoms with E-state index in [-0.39, 0.29) is 28.3 Å². The Morgan fingerprint density at radius 2 is 1.82 bits per heavy atom. The molecule has 0 bridgehead atoms. The molecular formula is C34H34FN5O4. The van der Waals surface area contributed by atoms with Crippen LogP contribution in [0.15, 0.2) is 57.9 Å². The number of ether oxygens (including phenoxy) is 1. The fraction of sp³-hybridized carbons (Fsp3) is 0.353. The summed E-state index contributed by atoms with van der Waals surface area (Å²) >= 11 is 0. The Kier molecular flexibility index (Phi) is 6.39. The Bertz CT molecular complexity index is 2030. The number of rotatable bonds is 5. The second kappa shape index (κ2) is 10.3. The van der Waals surface area contributed by atoms with Crippen molar-refractivity contribution < 1.29 is 18.3 Å². The van der Waals surface area contributed by atoms with E-state index in [0.717, 1.165) is 55.3 Å². The molecule has 2 saturated heterocycles. The topological polar surface area (TPSA) is 83.2 Å². The number of carbonyl (C=O) groups is 1. The largest absolute Gasteiger partial charge is 0.456 e. The van der Waals surface area contributed by atoms with Crippen molar-refractivity contribution in [2.45, 2.75) is 25.3 Å². The predicted molar refractivity (Wildman–Crippen MR) is 169 cm³/mol. The zero-order valence-corrected chi connectivity index (χ0v) is 24.9. The predicted octanol–water partition coefficient (Wildman–Crippen LogP) is 5.42. The maximum absolute atomic E-state index is 16.0. The highest BCUT2D eigenvalue weighted by atomic mass is 19.1. The number of halogens is 1. The van der Waals surface area contributed by atoms with Crippen LogP contribution >= 0.6 is 0 Å². The molecule has 10 heteroatoms. The van der Waals surface area contributed by atoms with Crippen molar-refractivity contribution in [2.24, 2.45) is 0 Å². The van der Waals surface area contributed by atoms with E-state index in [2.05, 4.69) is 22.2 Å². The maximum Gasteiger partial charge on any atom is 0.259 e. The third-order valence-corrected chi connectivity index (χ3v) is 9.60. The molecule has 5 heterocycles. The minimum absolute atomic E-state index is 0.00920. The van der Waals surface area contributed by atoms with Gasteiger partial charge in [0.1, 0.15) is 27.9 Å². The van der Waals surface area contributed by atoms with Gasteiger partial charge < -0.3 is 33.7 Å². The van der Waals surface area contributed by atoms with Gasteiger partial charge in [0, 0.05) is 61.8 Å². The Morgan fingerprint density at radius 1 is 1.00 bits per heavy atom. The third kappa shape index (κ3) is 4.27. The molecule has 2 fully saturated rings. The fourth-order valence-electron chi connectivity index (χ4n) is 7.04. The second-order valence-corrected chi connectivity index (χ2v) is 12.3. The summed E-state index contributed by atoms with van der Waals surface area (Å²) in [5, 5.41) is 5.21. The number of benzene rings is 3. The first kappa shape index (κ1) is 27.2. The normalized spacial score (nSPS) is 18.7. The Hall–Kier alpha value is -4.41. The molecule has 0 aliphatic carbocycles. The summed E-state index contributed by atoms with van der Waals surface area (Å²) in [4.78, 5) is 33.9. The number of amides is 1. The van der Waals surface area contributed by atoms with Crippen molar-refractivity contribution in [2.75, 3.05) is 58.7 Å². The lowest BCUT2D eigenvalue weighted by atomic mass is 10.0. The summed E-state index contributed by atoms with van der Waals surface area (Å²) in [5.41, 5.74) is 2.15. The number of pyridine rings is 1. The molecule has 3 aromatic carbocycles. The number of nitrogens with one attached hydrogen (secondary N) is 1. The number of carbonyl (C=O) groups excluding carboxylic acids is 1. The number of fused-ring (bicyclic) bond motifs is 5. The van der Waals surface area contributed by atoms with E-state index in [1.807, 2.05) is 43.4 Å². The molecule has 226 valence electrons. The Labute approximate surface area is 253 Å². The molecule has 2 aromatic heterocycles. The van der Waals surface area contributed by atoms with Gasteiger partial charge in [0.05, 0.1) is 11.1 Å². The Morgan fingerprint density at radius 3 is 2.61 bits per heavy atom. The standard InChI is InChI=1S/C34H34FN5O4/c1-37-12-14-39(15-13-37)34(42)24-19-40-26-18-28-22(21-7-3-4-8-27(21)43-28)17-29(26)44-33-30(25(35)16-23(31(33)40)32(24)41)36-10-9-20-6-5-11-38(20)2/h3-4,7-8,16-20,36H,5-6,9-15H2,1-2H3. The molecule has 3 aliphatic rings. The van der Waals surface area contributed by atoms with Crippen LogP contribution in [0, 0.1) is 5.82 Å². The highest BCUT2D eigenvalue weighted by Crippen LogP contribution is 2.47. The van der Waals surface area contributed by atoms with Gasteiger partial charge in [-0.05, 0) is 58.1 Å². The van der Waals surface area contributed by atoms with Gasteiger partial charge in [0.25, 0.3) is 5.91 Å². The Balaban J connectivity index is 1.30. The number of aromatic nitrogens is 1. The molecule has 0 radical (unpaired) electrons. The van der Waals surface area contributed by atoms with Crippen LogP contribution in [0.5, 0.6) is 11.5 Å². The average Bonchev–Trinajstić information content (AvgIpc) is 3.60. The van der Waals surface area contributed by atoms with Gasteiger partial charge in [0.15, 0.2) is 17.3 Å². The lowest BCUT2D eigenvalue weighted by molar-refractivity contribution is 0.0662. The molecule has 0 saturated carbocycles. The third-order valence-electron chi connectivity index (χ3n) is 9.60. The maximum atomic E-state index is 16.0. The van der Waals surface area contributed by atoms with Gasteiger partial charge >= 0.3 is 0 Å². The second-order valence-electron chi connectivity index (χ2n) is 12.3. The number of nitrogens with zero attached hydrogens (tertiary/aromatic N) is 4. The van der Waals surface area contributed by atoms with Gasteiger partial charge in [-0.25, -0.2) is 4.39 Å². The highest BCUT2D eigenvalue weighted by molar-refractivity contribution is 6.07. The molecule has 8 rings (SSSR count). The quantitative estimate of drug-likeness (QED) is 0.285. The average molecular weight is 596 g/mol. The van der Waals surface area contributed by atoms with E-state index in [4.69, 9.17) is 9.15 Å². The molecule has 44 heavy (non-hydrogen) atoms. The van der Waals surface area contributed by atoms with Crippen LogP contribution < -0.4 is 15.5 Å². The van der Waals surface area contributed by atoms with Gasteiger partial charge in [-0.2, -0.15) is 0 Å². The van der Waals surface area contributed by atoms with Crippen molar-refractivity contribution in [1.29, 1.82) is 0 Å². The van der Waals surface area contributed by atoms with E-state index >= 15 is 4.39 Å². The molecule has 0 spiro atoms. The monoisotopic (exact) mass is 595 g/mol. The minimum atomic E-state index is -0.585. The SMILES string of the molecule is CN1CCN(C(=O)c2cn3c4c(c(NCCC5CCCN5C)c(F)cc4c2=O)Oc2cc4c(cc2-3)oc2ccccc24)CC1. The van der Waals surface area contributed by atoms with E-state index in [1.54, 1.807) is 15.7 Å². The summed E-state index contributed by atoms with van der Waals surface area (Å²) in [6, 6.07) is 13.2. The van der Waals surface area contributed by atoms with Crippen molar-refractivity contribution in [3.05, 3.63) is 70.3 Å². The van der Waals surface area contributed by atoms with Crippen LogP contribution in [0.3, 0.4) is 0 Å². The number of hydrogen-bond acceptors (Lipinski definition) is 7. The number of para-hydroxylation sites is 1. The number of likely N-dealkylation sites (tertiary alicyclic amines) is 1. The molecule has 9 nitrogen and oxygen atoms in total. The zero-order valence-electron chi connectivity index (χ0n) is 24.9. The van der Waals surface area contributed by atoms with E-state index < -0.39 is 11.2 Å². The summed E-state index contributed by atoms with van der Waals surface area (Å²) in [5.74, 6) is -0.200. The number of hydrogen-bond donors (Lipinski definition) is 1. The molecule has 1 unspecified atom stereocenters. The van der Waals surface area contributed by atoms with E-state index in [1.165, 1.54) is 6.07 Å². The van der Waals surface area contributed by atoms with Gasteiger partial charge in [-0.15, -0.1) is 0 Å². The summed E-state index contributed by atoms with van der Waals surface area (Å²) < 4.78 is 30.5. The van der Waals surface area contributed by atoms with E-state index in [9.17, 15) is 9.59 Å². The first-order valence-electron chi connectivity index (χ1n) is 15.3.